The van der Waals surface area contributed by atoms with E-state index in [9.17, 15) is 4.79 Å². The van der Waals surface area contributed by atoms with E-state index in [4.69, 9.17) is 21.1 Å². The van der Waals surface area contributed by atoms with Gasteiger partial charge in [0.25, 0.3) is 5.56 Å². The molecule has 0 aliphatic rings. The summed E-state index contributed by atoms with van der Waals surface area (Å²) in [6.07, 6.45) is 3.42. The Morgan fingerprint density at radius 3 is 2.80 bits per heavy atom. The number of para-hydroxylation sites is 2. The maximum absolute atomic E-state index is 12.2. The zero-order valence-corrected chi connectivity index (χ0v) is 14.6. The molecule has 5 nitrogen and oxygen atoms in total. The van der Waals surface area contributed by atoms with Crippen LogP contribution in [0, 0.1) is 0 Å². The number of methoxy groups -OCH3 is 1. The van der Waals surface area contributed by atoms with Crippen molar-refractivity contribution >= 4 is 34.8 Å². The van der Waals surface area contributed by atoms with Crippen molar-refractivity contribution in [1.29, 1.82) is 0 Å². The van der Waals surface area contributed by atoms with Gasteiger partial charge in [0.1, 0.15) is 5.69 Å². The Hall–Kier alpha value is -2.79. The van der Waals surface area contributed by atoms with Crippen LogP contribution in [0.1, 0.15) is 18.2 Å². The number of H-pyrrole nitrogens is 1. The first-order chi connectivity index (χ1) is 12.1. The number of rotatable bonds is 5. The Kier molecular flexibility index (Phi) is 5.05. The Morgan fingerprint density at radius 2 is 2.04 bits per heavy atom. The van der Waals surface area contributed by atoms with Gasteiger partial charge in [0, 0.05) is 0 Å². The van der Waals surface area contributed by atoms with E-state index in [2.05, 4.69) is 9.97 Å². The molecule has 6 heteroatoms. The molecule has 0 fully saturated rings. The molecule has 1 N–H and O–H groups in total. The molecule has 1 aromatic heterocycles. The highest BCUT2D eigenvalue weighted by molar-refractivity contribution is 6.32. The Morgan fingerprint density at radius 1 is 1.24 bits per heavy atom. The van der Waals surface area contributed by atoms with Gasteiger partial charge in [-0.05, 0) is 42.8 Å². The number of aromatic amines is 1. The van der Waals surface area contributed by atoms with E-state index in [1.54, 1.807) is 24.3 Å². The molecule has 0 aliphatic carbocycles. The van der Waals surface area contributed by atoms with Crippen LogP contribution in [0.4, 0.5) is 0 Å². The molecule has 3 aromatic rings. The molecule has 0 atom stereocenters. The van der Waals surface area contributed by atoms with Crippen LogP contribution < -0.4 is 15.0 Å². The van der Waals surface area contributed by atoms with Gasteiger partial charge in [-0.2, -0.15) is 0 Å². The molecule has 0 radical (unpaired) electrons. The van der Waals surface area contributed by atoms with Crippen molar-refractivity contribution in [2.45, 2.75) is 6.92 Å². The van der Waals surface area contributed by atoms with Gasteiger partial charge in [-0.25, -0.2) is 4.98 Å². The third-order valence-electron chi connectivity index (χ3n) is 3.60. The van der Waals surface area contributed by atoms with E-state index >= 15 is 0 Å². The van der Waals surface area contributed by atoms with Gasteiger partial charge in [0.05, 0.1) is 29.8 Å². The maximum Gasteiger partial charge on any atom is 0.274 e. The molecule has 0 unspecified atom stereocenters. The van der Waals surface area contributed by atoms with Crippen molar-refractivity contribution in [3.8, 4) is 11.5 Å². The SMILES string of the molecule is CCOc1cc(/C=C/c2nc3ccccc3[nH]c2=O)cc(Cl)c1OC. The zero-order valence-electron chi connectivity index (χ0n) is 13.9. The molecule has 0 amide bonds. The Bertz CT molecular complexity index is 996. The monoisotopic (exact) mass is 356 g/mol. The van der Waals surface area contributed by atoms with Gasteiger partial charge in [-0.3, -0.25) is 4.79 Å². The lowest BCUT2D eigenvalue weighted by Crippen LogP contribution is -2.11. The van der Waals surface area contributed by atoms with Gasteiger partial charge < -0.3 is 14.5 Å². The Labute approximate surface area is 149 Å². The largest absolute Gasteiger partial charge is 0.491 e. The number of hydrogen-bond acceptors (Lipinski definition) is 4. The van der Waals surface area contributed by atoms with E-state index in [-0.39, 0.29) is 5.56 Å². The molecule has 0 saturated heterocycles. The molecule has 0 aliphatic heterocycles. The molecular formula is C19H17ClN2O3. The standard InChI is InChI=1S/C19H17ClN2O3/c1-3-25-17-11-12(10-13(20)18(17)24-2)8-9-16-19(23)22-15-7-5-4-6-14(15)21-16/h4-11H,3H2,1-2H3,(H,22,23)/b9-8+. The third kappa shape index (κ3) is 3.67. The summed E-state index contributed by atoms with van der Waals surface area (Å²) in [5.41, 5.74) is 2.28. The minimum Gasteiger partial charge on any atom is -0.491 e. The van der Waals surface area contributed by atoms with Crippen LogP contribution >= 0.6 is 11.6 Å². The molecule has 25 heavy (non-hydrogen) atoms. The average Bonchev–Trinajstić information content (AvgIpc) is 2.60. The summed E-state index contributed by atoms with van der Waals surface area (Å²) in [5.74, 6) is 1.04. The van der Waals surface area contributed by atoms with Crippen molar-refractivity contribution in [3.63, 3.8) is 0 Å². The van der Waals surface area contributed by atoms with Gasteiger partial charge in [-0.15, -0.1) is 0 Å². The van der Waals surface area contributed by atoms with Crippen LogP contribution in [0.25, 0.3) is 23.2 Å². The quantitative estimate of drug-likeness (QED) is 0.745. The fraction of sp³-hybridized carbons (Fsp3) is 0.158. The normalized spacial score (nSPS) is 11.2. The van der Waals surface area contributed by atoms with Gasteiger partial charge in [-0.1, -0.05) is 29.8 Å². The first-order valence-electron chi connectivity index (χ1n) is 7.80. The summed E-state index contributed by atoms with van der Waals surface area (Å²) < 4.78 is 10.8. The number of hydrogen-bond donors (Lipinski definition) is 1. The predicted octanol–water partition coefficient (Wildman–Crippen LogP) is 4.15. The summed E-state index contributed by atoms with van der Waals surface area (Å²) in [5, 5.41) is 0.438. The number of fused-ring (bicyclic) bond motifs is 1. The average molecular weight is 357 g/mol. The van der Waals surface area contributed by atoms with Crippen molar-refractivity contribution in [3.05, 3.63) is 63.0 Å². The molecule has 1 heterocycles. The van der Waals surface area contributed by atoms with Gasteiger partial charge >= 0.3 is 0 Å². The topological polar surface area (TPSA) is 64.2 Å². The molecule has 128 valence electrons. The second-order valence-electron chi connectivity index (χ2n) is 5.27. The van der Waals surface area contributed by atoms with Crippen LogP contribution in [0.5, 0.6) is 11.5 Å². The molecule has 0 saturated carbocycles. The lowest BCUT2D eigenvalue weighted by molar-refractivity contribution is 0.311. The lowest BCUT2D eigenvalue weighted by Gasteiger charge is -2.11. The van der Waals surface area contributed by atoms with E-state index in [0.29, 0.717) is 34.3 Å². The Balaban J connectivity index is 1.99. The van der Waals surface area contributed by atoms with Crippen LogP contribution in [-0.2, 0) is 0 Å². The molecule has 3 rings (SSSR count). The first-order valence-corrected chi connectivity index (χ1v) is 8.17. The fourth-order valence-electron chi connectivity index (χ4n) is 2.48. The molecule has 0 spiro atoms. The first kappa shape index (κ1) is 17.0. The number of nitrogens with zero attached hydrogens (tertiary/aromatic N) is 1. The zero-order chi connectivity index (χ0) is 17.8. The summed E-state index contributed by atoms with van der Waals surface area (Å²) in [4.78, 5) is 19.4. The summed E-state index contributed by atoms with van der Waals surface area (Å²) in [7, 11) is 1.54. The minimum atomic E-state index is -0.250. The second kappa shape index (κ2) is 7.40. The fourth-order valence-corrected chi connectivity index (χ4v) is 2.77. The highest BCUT2D eigenvalue weighted by Crippen LogP contribution is 2.36. The molecule has 2 aromatic carbocycles. The number of aromatic nitrogens is 2. The maximum atomic E-state index is 12.2. The van der Waals surface area contributed by atoms with E-state index in [0.717, 1.165) is 11.1 Å². The van der Waals surface area contributed by atoms with Crippen LogP contribution in [0.15, 0.2) is 41.2 Å². The third-order valence-corrected chi connectivity index (χ3v) is 3.88. The predicted molar refractivity (Wildman–Crippen MR) is 100 cm³/mol. The van der Waals surface area contributed by atoms with Crippen LogP contribution in [-0.4, -0.2) is 23.7 Å². The summed E-state index contributed by atoms with van der Waals surface area (Å²) in [6, 6.07) is 10.9. The number of halogens is 1. The lowest BCUT2D eigenvalue weighted by atomic mass is 10.1. The van der Waals surface area contributed by atoms with E-state index in [1.165, 1.54) is 7.11 Å². The second-order valence-corrected chi connectivity index (χ2v) is 5.68. The van der Waals surface area contributed by atoms with Crippen molar-refractivity contribution in [2.24, 2.45) is 0 Å². The van der Waals surface area contributed by atoms with E-state index in [1.807, 2.05) is 31.2 Å². The van der Waals surface area contributed by atoms with Crippen LogP contribution in [0.2, 0.25) is 5.02 Å². The van der Waals surface area contributed by atoms with Crippen molar-refractivity contribution in [1.82, 2.24) is 9.97 Å². The molecule has 0 bridgehead atoms. The van der Waals surface area contributed by atoms with E-state index < -0.39 is 0 Å². The van der Waals surface area contributed by atoms with Gasteiger partial charge in [0.2, 0.25) is 0 Å². The molecular weight excluding hydrogens is 340 g/mol. The number of ether oxygens (including phenoxy) is 2. The van der Waals surface area contributed by atoms with Crippen molar-refractivity contribution < 1.29 is 9.47 Å². The van der Waals surface area contributed by atoms with Crippen molar-refractivity contribution in [2.75, 3.05) is 13.7 Å². The number of nitrogens with one attached hydrogen (secondary N) is 1. The van der Waals surface area contributed by atoms with Crippen LogP contribution in [0.3, 0.4) is 0 Å². The summed E-state index contributed by atoms with van der Waals surface area (Å²) in [6.45, 7) is 2.38. The van der Waals surface area contributed by atoms with Gasteiger partial charge in [0.15, 0.2) is 11.5 Å². The highest BCUT2D eigenvalue weighted by atomic mass is 35.5. The smallest absolute Gasteiger partial charge is 0.274 e. The highest BCUT2D eigenvalue weighted by Gasteiger charge is 2.10. The summed E-state index contributed by atoms with van der Waals surface area (Å²) >= 11 is 6.24. The minimum absolute atomic E-state index is 0.250. The number of benzene rings is 2.